The first-order chi connectivity index (χ1) is 16.6. The number of halogens is 3. The lowest BCUT2D eigenvalue weighted by atomic mass is 9.81. The molecule has 4 rings (SSSR count). The molecule has 188 valence electrons. The molecule has 0 bridgehead atoms. The van der Waals surface area contributed by atoms with Gasteiger partial charge in [0.15, 0.2) is 0 Å². The van der Waals surface area contributed by atoms with Crippen molar-refractivity contribution in [3.63, 3.8) is 0 Å². The largest absolute Gasteiger partial charge is 0.491 e. The molecular weight excluding hydrogens is 455 g/mol. The Morgan fingerprint density at radius 2 is 1.83 bits per heavy atom. The fraction of sp³-hybridized carbons (Fsp3) is 0.519. The number of nitrogens with zero attached hydrogens (tertiary/aromatic N) is 3. The summed E-state index contributed by atoms with van der Waals surface area (Å²) in [6, 6.07) is 8.25. The maximum atomic E-state index is 13.6. The number of hydrogen-bond donors (Lipinski definition) is 0. The van der Waals surface area contributed by atoms with Gasteiger partial charge in [0.05, 0.1) is 18.2 Å². The quantitative estimate of drug-likeness (QED) is 0.565. The predicted molar refractivity (Wildman–Crippen MR) is 128 cm³/mol. The maximum absolute atomic E-state index is 13.6. The molecular formula is C27H32F3N3O2. The Kier molecular flexibility index (Phi) is 6.92. The highest BCUT2D eigenvalue weighted by Crippen LogP contribution is 2.44. The summed E-state index contributed by atoms with van der Waals surface area (Å²) < 4.78 is 48.1. The number of likely N-dealkylation sites (tertiary alicyclic amines) is 1. The van der Waals surface area contributed by atoms with Gasteiger partial charge in [0.2, 0.25) is 0 Å². The van der Waals surface area contributed by atoms with Crippen LogP contribution in [0.15, 0.2) is 30.3 Å². The van der Waals surface area contributed by atoms with Crippen LogP contribution in [0.1, 0.15) is 60.9 Å². The van der Waals surface area contributed by atoms with E-state index < -0.39 is 17.4 Å². The maximum Gasteiger partial charge on any atom is 0.431 e. The summed E-state index contributed by atoms with van der Waals surface area (Å²) in [5.41, 5.74) is 0.979. The number of hydrogen-bond acceptors (Lipinski definition) is 3. The van der Waals surface area contributed by atoms with Crippen LogP contribution in [0.4, 0.5) is 13.2 Å². The third-order valence-corrected chi connectivity index (χ3v) is 7.06. The van der Waals surface area contributed by atoms with Crippen LogP contribution in [0.5, 0.6) is 5.75 Å². The second kappa shape index (κ2) is 9.62. The highest BCUT2D eigenvalue weighted by molar-refractivity contribution is 5.94. The summed E-state index contributed by atoms with van der Waals surface area (Å²) in [4.78, 5) is 17.3. The Morgan fingerprint density at radius 3 is 2.43 bits per heavy atom. The second-order valence-electron chi connectivity index (χ2n) is 9.57. The van der Waals surface area contributed by atoms with E-state index in [0.717, 1.165) is 11.3 Å². The number of fused-ring (bicyclic) bond motifs is 2. The number of ether oxygens (including phenoxy) is 1. The van der Waals surface area contributed by atoms with Gasteiger partial charge in [-0.25, -0.2) is 0 Å². The summed E-state index contributed by atoms with van der Waals surface area (Å²) in [7, 11) is 0. The zero-order chi connectivity index (χ0) is 25.4. The molecule has 1 saturated heterocycles. The third-order valence-electron chi connectivity index (χ3n) is 7.06. The number of carbonyl (C=O) groups excluding carboxylic acids is 1. The predicted octanol–water partition coefficient (Wildman–Crippen LogP) is 5.07. The molecule has 8 heteroatoms. The molecule has 1 fully saturated rings. The lowest BCUT2D eigenvalue weighted by Gasteiger charge is -2.51. The molecule has 2 aromatic rings. The minimum atomic E-state index is -4.40. The zero-order valence-corrected chi connectivity index (χ0v) is 20.7. The van der Waals surface area contributed by atoms with Crippen LogP contribution in [0, 0.1) is 18.8 Å². The van der Waals surface area contributed by atoms with E-state index >= 15 is 0 Å². The van der Waals surface area contributed by atoms with E-state index in [0.29, 0.717) is 50.3 Å². The van der Waals surface area contributed by atoms with Gasteiger partial charge in [-0.05, 0) is 76.4 Å². The first kappa shape index (κ1) is 25.2. The Bertz CT molecular complexity index is 1150. The summed E-state index contributed by atoms with van der Waals surface area (Å²) in [5.74, 6) is 6.69. The molecule has 0 atom stereocenters. The smallest absolute Gasteiger partial charge is 0.431 e. The van der Waals surface area contributed by atoms with Crippen molar-refractivity contribution in [2.75, 3.05) is 26.2 Å². The van der Waals surface area contributed by atoms with E-state index in [-0.39, 0.29) is 18.6 Å². The molecule has 0 N–H and O–H groups in total. The minimum Gasteiger partial charge on any atom is -0.491 e. The fourth-order valence-electron chi connectivity index (χ4n) is 5.37. The van der Waals surface area contributed by atoms with E-state index in [1.165, 1.54) is 10.6 Å². The number of rotatable bonds is 4. The van der Waals surface area contributed by atoms with Crippen LogP contribution in [-0.4, -0.2) is 52.6 Å². The molecule has 1 aromatic carbocycles. The van der Waals surface area contributed by atoms with Crippen LogP contribution >= 0.6 is 0 Å². The van der Waals surface area contributed by atoms with Crippen molar-refractivity contribution in [3.05, 3.63) is 52.8 Å². The van der Waals surface area contributed by atoms with Gasteiger partial charge in [0.1, 0.15) is 11.4 Å². The summed E-state index contributed by atoms with van der Waals surface area (Å²) in [5, 5.41) is 0. The van der Waals surface area contributed by atoms with Gasteiger partial charge >= 0.3 is 6.18 Å². The van der Waals surface area contributed by atoms with E-state index in [2.05, 4.69) is 16.7 Å². The van der Waals surface area contributed by atoms with Crippen molar-refractivity contribution in [3.8, 4) is 17.6 Å². The van der Waals surface area contributed by atoms with Crippen LogP contribution < -0.4 is 4.74 Å². The van der Waals surface area contributed by atoms with Crippen molar-refractivity contribution in [1.29, 1.82) is 0 Å². The van der Waals surface area contributed by atoms with E-state index in [9.17, 15) is 18.0 Å². The first-order valence-electron chi connectivity index (χ1n) is 12.1. The van der Waals surface area contributed by atoms with E-state index in [4.69, 9.17) is 4.74 Å². The number of amides is 1. The van der Waals surface area contributed by atoms with E-state index in [1.807, 2.05) is 32.9 Å². The molecule has 1 aromatic heterocycles. The van der Waals surface area contributed by atoms with Crippen molar-refractivity contribution in [2.24, 2.45) is 0 Å². The average Bonchev–Trinajstić information content (AvgIpc) is 3.26. The molecule has 2 aliphatic rings. The third kappa shape index (κ3) is 4.79. The molecule has 2 aliphatic heterocycles. The van der Waals surface area contributed by atoms with Gasteiger partial charge in [-0.1, -0.05) is 5.92 Å². The molecule has 1 amide bonds. The van der Waals surface area contributed by atoms with Crippen LogP contribution in [-0.2, 0) is 18.3 Å². The number of alkyl halides is 3. The van der Waals surface area contributed by atoms with Crippen molar-refractivity contribution in [2.45, 2.75) is 64.9 Å². The molecule has 1 spiro atoms. The fourth-order valence-corrected chi connectivity index (χ4v) is 5.37. The molecule has 5 nitrogen and oxygen atoms in total. The average molecular weight is 488 g/mol. The number of benzene rings is 1. The van der Waals surface area contributed by atoms with Crippen LogP contribution in [0.25, 0.3) is 0 Å². The van der Waals surface area contributed by atoms with Gasteiger partial charge in [0.25, 0.3) is 5.91 Å². The lowest BCUT2D eigenvalue weighted by Crippen LogP contribution is -2.58. The molecule has 35 heavy (non-hydrogen) atoms. The number of aryl methyl sites for hydroxylation is 1. The Hall–Kier alpha value is -2.92. The number of piperidine rings is 1. The first-order valence-corrected chi connectivity index (χ1v) is 12.1. The summed E-state index contributed by atoms with van der Waals surface area (Å²) >= 11 is 0. The van der Waals surface area contributed by atoms with Crippen molar-refractivity contribution >= 4 is 5.91 Å². The highest BCUT2D eigenvalue weighted by Gasteiger charge is 2.48. The SMILES string of the molecule is CC#CCN1CCn2c(C(F)(F)F)ccc2C12CCN(C(=O)c1ccc(OC(C)C)c(C)c1)CC2. The van der Waals surface area contributed by atoms with Gasteiger partial charge in [-0.15, -0.1) is 5.92 Å². The summed E-state index contributed by atoms with van der Waals surface area (Å²) in [6.07, 6.45) is -3.25. The molecule has 0 radical (unpaired) electrons. The second-order valence-corrected chi connectivity index (χ2v) is 9.57. The van der Waals surface area contributed by atoms with Crippen molar-refractivity contribution < 1.29 is 22.7 Å². The van der Waals surface area contributed by atoms with Crippen molar-refractivity contribution in [1.82, 2.24) is 14.4 Å². The monoisotopic (exact) mass is 487 g/mol. The molecule has 0 aliphatic carbocycles. The Balaban J connectivity index is 1.58. The highest BCUT2D eigenvalue weighted by atomic mass is 19.4. The Morgan fingerprint density at radius 1 is 1.11 bits per heavy atom. The normalized spacial score (nSPS) is 17.8. The van der Waals surface area contributed by atoms with Crippen LogP contribution in [0.3, 0.4) is 0 Å². The topological polar surface area (TPSA) is 37.7 Å². The minimum absolute atomic E-state index is 0.0428. The van der Waals surface area contributed by atoms with Gasteiger partial charge in [-0.2, -0.15) is 13.2 Å². The molecule has 0 unspecified atom stereocenters. The zero-order valence-electron chi connectivity index (χ0n) is 20.7. The lowest BCUT2D eigenvalue weighted by molar-refractivity contribution is -0.145. The number of carbonyl (C=O) groups is 1. The van der Waals surface area contributed by atoms with Gasteiger partial charge in [-0.3, -0.25) is 9.69 Å². The van der Waals surface area contributed by atoms with Crippen LogP contribution in [0.2, 0.25) is 0 Å². The summed E-state index contributed by atoms with van der Waals surface area (Å²) in [6.45, 7) is 9.78. The van der Waals surface area contributed by atoms with E-state index in [1.54, 1.807) is 24.0 Å². The number of aromatic nitrogens is 1. The van der Waals surface area contributed by atoms with Gasteiger partial charge in [0, 0.05) is 37.4 Å². The van der Waals surface area contributed by atoms with Gasteiger partial charge < -0.3 is 14.2 Å². The Labute approximate surface area is 204 Å². The standard InChI is InChI=1S/C27H32F3N3O2/c1-5-6-13-32-16-17-33-23(9-10-24(33)27(28,29)30)26(32)11-14-31(15-12-26)25(34)21-7-8-22(20(4)18-21)35-19(2)3/h7-10,18-19H,11-17H2,1-4H3. The molecule has 0 saturated carbocycles. The molecule has 3 heterocycles.